The molecule has 0 amide bonds. The molecule has 16 heavy (non-hydrogen) atoms. The van der Waals surface area contributed by atoms with Gasteiger partial charge >= 0.3 is 0 Å². The van der Waals surface area contributed by atoms with Crippen LogP contribution in [0.1, 0.15) is 19.0 Å². The maximum atomic E-state index is 8.67. The predicted molar refractivity (Wildman–Crippen MR) is 59.9 cm³/mol. The first-order valence-electron chi connectivity index (χ1n) is 5.65. The highest BCUT2D eigenvalue weighted by Gasteiger charge is 1.99. The van der Waals surface area contributed by atoms with E-state index in [1.165, 1.54) is 0 Å². The molecule has 0 atom stereocenters. The summed E-state index contributed by atoms with van der Waals surface area (Å²) in [4.78, 5) is 0. The minimum absolute atomic E-state index is 0.182. The van der Waals surface area contributed by atoms with Crippen molar-refractivity contribution < 1.29 is 9.84 Å². The van der Waals surface area contributed by atoms with E-state index in [1.54, 1.807) is 4.68 Å². The van der Waals surface area contributed by atoms with Gasteiger partial charge in [0.15, 0.2) is 0 Å². The lowest BCUT2D eigenvalue weighted by molar-refractivity contribution is 0.149. The van der Waals surface area contributed by atoms with Gasteiger partial charge in [0.2, 0.25) is 0 Å². The number of aliphatic hydroxyl groups excluding tert-OH is 1. The molecule has 1 aromatic rings. The lowest BCUT2D eigenvalue weighted by Gasteiger charge is -2.01. The van der Waals surface area contributed by atoms with E-state index in [4.69, 9.17) is 9.84 Å². The van der Waals surface area contributed by atoms with E-state index in [-0.39, 0.29) is 6.61 Å². The molecule has 0 saturated carbocycles. The second-order valence-corrected chi connectivity index (χ2v) is 3.42. The van der Waals surface area contributed by atoms with E-state index in [2.05, 4.69) is 15.6 Å². The van der Waals surface area contributed by atoms with Crippen molar-refractivity contribution in [2.75, 3.05) is 26.4 Å². The summed E-state index contributed by atoms with van der Waals surface area (Å²) in [7, 11) is 0. The fraction of sp³-hybridized carbons (Fsp3) is 0.800. The van der Waals surface area contributed by atoms with E-state index < -0.39 is 0 Å². The quantitative estimate of drug-likeness (QED) is 0.572. The normalized spacial score (nSPS) is 10.9. The SMILES string of the molecule is CCOCCNCc1cn(CCCO)nn1. The van der Waals surface area contributed by atoms with Crippen molar-refractivity contribution in [1.82, 2.24) is 20.3 Å². The second kappa shape index (κ2) is 8.20. The van der Waals surface area contributed by atoms with E-state index in [1.807, 2.05) is 13.1 Å². The van der Waals surface area contributed by atoms with Crippen molar-refractivity contribution in [2.24, 2.45) is 0 Å². The number of aliphatic hydroxyl groups is 1. The van der Waals surface area contributed by atoms with Crippen LogP contribution < -0.4 is 5.32 Å². The van der Waals surface area contributed by atoms with Gasteiger partial charge in [0.25, 0.3) is 0 Å². The second-order valence-electron chi connectivity index (χ2n) is 3.42. The Kier molecular flexibility index (Phi) is 6.71. The van der Waals surface area contributed by atoms with Crippen LogP contribution in [-0.2, 0) is 17.8 Å². The van der Waals surface area contributed by atoms with Crippen LogP contribution in [0.3, 0.4) is 0 Å². The first-order valence-corrected chi connectivity index (χ1v) is 5.65. The lowest BCUT2D eigenvalue weighted by atomic mass is 10.4. The van der Waals surface area contributed by atoms with Crippen molar-refractivity contribution in [3.05, 3.63) is 11.9 Å². The molecule has 0 unspecified atom stereocenters. The highest BCUT2D eigenvalue weighted by molar-refractivity contribution is 4.91. The van der Waals surface area contributed by atoms with Gasteiger partial charge in [0.1, 0.15) is 0 Å². The van der Waals surface area contributed by atoms with Crippen molar-refractivity contribution in [1.29, 1.82) is 0 Å². The van der Waals surface area contributed by atoms with Crippen molar-refractivity contribution >= 4 is 0 Å². The smallest absolute Gasteiger partial charge is 0.0964 e. The number of hydrogen-bond donors (Lipinski definition) is 2. The zero-order valence-corrected chi connectivity index (χ0v) is 9.72. The number of nitrogens with zero attached hydrogens (tertiary/aromatic N) is 3. The molecule has 6 nitrogen and oxygen atoms in total. The van der Waals surface area contributed by atoms with Gasteiger partial charge in [-0.25, -0.2) is 0 Å². The lowest BCUT2D eigenvalue weighted by Crippen LogP contribution is -2.19. The Labute approximate surface area is 95.6 Å². The Bertz CT molecular complexity index is 278. The number of rotatable bonds is 9. The molecule has 1 heterocycles. The van der Waals surface area contributed by atoms with Crippen LogP contribution in [0.4, 0.5) is 0 Å². The summed E-state index contributed by atoms with van der Waals surface area (Å²) in [5.41, 5.74) is 0.912. The topological polar surface area (TPSA) is 72.2 Å². The van der Waals surface area contributed by atoms with Crippen LogP contribution in [0.5, 0.6) is 0 Å². The van der Waals surface area contributed by atoms with Crippen molar-refractivity contribution in [3.63, 3.8) is 0 Å². The minimum atomic E-state index is 0.182. The van der Waals surface area contributed by atoms with Gasteiger partial charge in [-0.3, -0.25) is 4.68 Å². The van der Waals surface area contributed by atoms with Gasteiger partial charge < -0.3 is 15.2 Å². The summed E-state index contributed by atoms with van der Waals surface area (Å²) >= 11 is 0. The molecule has 0 aliphatic heterocycles. The summed E-state index contributed by atoms with van der Waals surface area (Å²) in [6.07, 6.45) is 2.60. The number of ether oxygens (including phenoxy) is 1. The van der Waals surface area contributed by atoms with E-state index in [0.717, 1.165) is 25.5 Å². The van der Waals surface area contributed by atoms with Crippen LogP contribution in [0, 0.1) is 0 Å². The molecule has 0 bridgehead atoms. The molecule has 0 fully saturated rings. The van der Waals surface area contributed by atoms with Crippen LogP contribution in [0.15, 0.2) is 6.20 Å². The predicted octanol–water partition coefficient (Wildman–Crippen LogP) is -0.213. The third kappa shape index (κ3) is 5.20. The van der Waals surface area contributed by atoms with Crippen LogP contribution in [0.2, 0.25) is 0 Å². The van der Waals surface area contributed by atoms with Gasteiger partial charge in [-0.1, -0.05) is 5.21 Å². The number of aromatic nitrogens is 3. The largest absolute Gasteiger partial charge is 0.396 e. The molecular weight excluding hydrogens is 208 g/mol. The molecule has 1 rings (SSSR count). The van der Waals surface area contributed by atoms with Gasteiger partial charge in [0, 0.05) is 39.0 Å². The molecule has 1 aromatic heterocycles. The van der Waals surface area contributed by atoms with E-state index in [9.17, 15) is 0 Å². The average Bonchev–Trinajstić information content (AvgIpc) is 2.74. The van der Waals surface area contributed by atoms with Gasteiger partial charge in [-0.2, -0.15) is 0 Å². The molecule has 0 aromatic carbocycles. The summed E-state index contributed by atoms with van der Waals surface area (Å²) in [5.74, 6) is 0. The minimum Gasteiger partial charge on any atom is -0.396 e. The third-order valence-electron chi connectivity index (χ3n) is 2.06. The molecule has 2 N–H and O–H groups in total. The van der Waals surface area contributed by atoms with Gasteiger partial charge in [-0.15, -0.1) is 5.10 Å². The number of hydrogen-bond acceptors (Lipinski definition) is 5. The molecule has 6 heteroatoms. The first kappa shape index (κ1) is 13.1. The fourth-order valence-electron chi connectivity index (χ4n) is 1.27. The van der Waals surface area contributed by atoms with Crippen LogP contribution in [0.25, 0.3) is 0 Å². The highest BCUT2D eigenvalue weighted by atomic mass is 16.5. The van der Waals surface area contributed by atoms with E-state index >= 15 is 0 Å². The molecule has 0 aliphatic carbocycles. The van der Waals surface area contributed by atoms with Crippen molar-refractivity contribution in [2.45, 2.75) is 26.4 Å². The van der Waals surface area contributed by atoms with Crippen LogP contribution >= 0.6 is 0 Å². The zero-order valence-electron chi connectivity index (χ0n) is 9.72. The Hall–Kier alpha value is -0.980. The standard InChI is InChI=1S/C10H20N4O2/c1-2-16-7-4-11-8-10-9-14(13-12-10)5-3-6-15/h9,11,15H,2-8H2,1H3. The maximum absolute atomic E-state index is 8.67. The molecule has 92 valence electrons. The van der Waals surface area contributed by atoms with Crippen molar-refractivity contribution in [3.8, 4) is 0 Å². The average molecular weight is 228 g/mol. The molecule has 0 saturated heterocycles. The molecular formula is C10H20N4O2. The Morgan fingerprint density at radius 3 is 3.19 bits per heavy atom. The Morgan fingerprint density at radius 1 is 1.56 bits per heavy atom. The van der Waals surface area contributed by atoms with Crippen LogP contribution in [-0.4, -0.2) is 46.5 Å². The summed E-state index contributed by atoms with van der Waals surface area (Å²) in [5, 5.41) is 19.9. The van der Waals surface area contributed by atoms with E-state index in [0.29, 0.717) is 19.5 Å². The van der Waals surface area contributed by atoms with Gasteiger partial charge in [-0.05, 0) is 13.3 Å². The molecule has 0 radical (unpaired) electrons. The number of aryl methyl sites for hydroxylation is 1. The number of nitrogens with one attached hydrogen (secondary N) is 1. The first-order chi connectivity index (χ1) is 7.86. The third-order valence-corrected chi connectivity index (χ3v) is 2.06. The summed E-state index contributed by atoms with van der Waals surface area (Å²) in [6, 6.07) is 0. The maximum Gasteiger partial charge on any atom is 0.0964 e. The van der Waals surface area contributed by atoms with Gasteiger partial charge in [0.05, 0.1) is 12.3 Å². The monoisotopic (exact) mass is 228 g/mol. The Balaban J connectivity index is 2.14. The highest BCUT2D eigenvalue weighted by Crippen LogP contribution is 1.93. The fourth-order valence-corrected chi connectivity index (χ4v) is 1.27. The summed E-state index contributed by atoms with van der Waals surface area (Å²) in [6.45, 7) is 5.86. The zero-order chi connectivity index (χ0) is 11.6. The molecule has 0 aliphatic rings. The summed E-state index contributed by atoms with van der Waals surface area (Å²) < 4.78 is 6.94. The Morgan fingerprint density at radius 2 is 2.44 bits per heavy atom. The molecule has 0 spiro atoms.